The van der Waals surface area contributed by atoms with E-state index in [-0.39, 0.29) is 11.7 Å². The first-order chi connectivity index (χ1) is 9.70. The van der Waals surface area contributed by atoms with Gasteiger partial charge >= 0.3 is 0 Å². The van der Waals surface area contributed by atoms with Crippen LogP contribution in [0.2, 0.25) is 0 Å². The summed E-state index contributed by atoms with van der Waals surface area (Å²) < 4.78 is 0. The summed E-state index contributed by atoms with van der Waals surface area (Å²) in [5.74, 6) is 1.02. The van der Waals surface area contributed by atoms with E-state index in [1.807, 2.05) is 6.92 Å². The van der Waals surface area contributed by atoms with Crippen molar-refractivity contribution in [2.75, 3.05) is 6.54 Å². The maximum atomic E-state index is 12.9. The Bertz CT molecular complexity index is 528. The smallest absolute Gasteiger partial charge is 0.244 e. The molecule has 0 aromatic carbocycles. The van der Waals surface area contributed by atoms with Crippen molar-refractivity contribution in [1.29, 1.82) is 0 Å². The van der Waals surface area contributed by atoms with Crippen molar-refractivity contribution >= 4 is 5.91 Å². The number of H-pyrrole nitrogens is 1. The first-order valence-electron chi connectivity index (χ1n) is 7.78. The second kappa shape index (κ2) is 4.32. The highest BCUT2D eigenvalue weighted by Gasteiger charge is 2.54. The lowest BCUT2D eigenvalue weighted by atomic mass is 9.98. The van der Waals surface area contributed by atoms with E-state index in [1.165, 1.54) is 12.8 Å². The summed E-state index contributed by atoms with van der Waals surface area (Å²) in [5.41, 5.74) is 1.75. The molecule has 5 heteroatoms. The fraction of sp³-hybridized carbons (Fsp3) is 0.733. The first kappa shape index (κ1) is 12.4. The van der Waals surface area contributed by atoms with Crippen LogP contribution in [0.15, 0.2) is 6.33 Å². The third kappa shape index (κ3) is 1.79. The highest BCUT2D eigenvalue weighted by Crippen LogP contribution is 2.43. The molecule has 2 heterocycles. The zero-order chi connectivity index (χ0) is 13.7. The number of nitrogens with one attached hydrogen (secondary N) is 2. The quantitative estimate of drug-likeness (QED) is 0.884. The summed E-state index contributed by atoms with van der Waals surface area (Å²) in [7, 11) is 0. The second-order valence-corrected chi connectivity index (χ2v) is 6.65. The molecule has 5 nitrogen and oxygen atoms in total. The van der Waals surface area contributed by atoms with Gasteiger partial charge in [-0.15, -0.1) is 0 Å². The lowest BCUT2D eigenvalue weighted by Crippen LogP contribution is -2.44. The summed E-state index contributed by atoms with van der Waals surface area (Å²) >= 11 is 0. The van der Waals surface area contributed by atoms with Crippen molar-refractivity contribution in [1.82, 2.24) is 20.2 Å². The number of amides is 1. The third-order valence-corrected chi connectivity index (χ3v) is 5.13. The zero-order valence-corrected chi connectivity index (χ0v) is 12.0. The molecule has 1 aliphatic heterocycles. The van der Waals surface area contributed by atoms with Crippen LogP contribution in [-0.2, 0) is 4.79 Å². The van der Waals surface area contributed by atoms with Crippen molar-refractivity contribution < 1.29 is 4.79 Å². The molecule has 1 unspecified atom stereocenters. The van der Waals surface area contributed by atoms with Gasteiger partial charge in [0, 0.05) is 12.2 Å². The molecular weight excluding hydrogens is 252 g/mol. The standard InChI is InChI=1S/C15H22N4O/c1-10-12(17-9-16-10)13-18-15(6-2-3-7-15)14(20)19(13)8-11-4-5-11/h9,11,13,18H,2-8H2,1H3,(H,16,17). The van der Waals surface area contributed by atoms with E-state index in [0.717, 1.165) is 43.6 Å². The number of carbonyl (C=O) groups is 1. The van der Waals surface area contributed by atoms with Crippen LogP contribution < -0.4 is 5.32 Å². The molecule has 1 aromatic rings. The van der Waals surface area contributed by atoms with Gasteiger partial charge in [-0.3, -0.25) is 10.1 Å². The Morgan fingerprint density at radius 3 is 2.75 bits per heavy atom. The fourth-order valence-electron chi connectivity index (χ4n) is 3.76. The van der Waals surface area contributed by atoms with Crippen LogP contribution in [0, 0.1) is 12.8 Å². The van der Waals surface area contributed by atoms with E-state index in [9.17, 15) is 4.79 Å². The minimum absolute atomic E-state index is 0.0348. The number of hydrogen-bond donors (Lipinski definition) is 2. The van der Waals surface area contributed by atoms with Crippen LogP contribution in [0.1, 0.15) is 56.1 Å². The Hall–Kier alpha value is -1.36. The molecule has 1 spiro atoms. The van der Waals surface area contributed by atoms with Gasteiger partial charge in [0.05, 0.1) is 17.6 Å². The number of aromatic nitrogens is 2. The Balaban J connectivity index is 1.68. The monoisotopic (exact) mass is 274 g/mol. The Morgan fingerprint density at radius 1 is 1.40 bits per heavy atom. The van der Waals surface area contributed by atoms with E-state index < -0.39 is 0 Å². The molecular formula is C15H22N4O. The third-order valence-electron chi connectivity index (χ3n) is 5.13. The number of carbonyl (C=O) groups excluding carboxylic acids is 1. The number of hydrogen-bond acceptors (Lipinski definition) is 3. The minimum atomic E-state index is -0.301. The van der Waals surface area contributed by atoms with Crippen LogP contribution in [0.4, 0.5) is 0 Å². The minimum Gasteiger partial charge on any atom is -0.348 e. The Kier molecular flexibility index (Phi) is 2.67. The van der Waals surface area contributed by atoms with E-state index >= 15 is 0 Å². The average Bonchev–Trinajstić information content (AvgIpc) is 2.85. The molecule has 1 amide bonds. The molecule has 1 atom stereocenters. The van der Waals surface area contributed by atoms with Gasteiger partial charge in [0.1, 0.15) is 6.17 Å². The van der Waals surface area contributed by atoms with Crippen molar-refractivity contribution in [2.45, 2.75) is 57.2 Å². The summed E-state index contributed by atoms with van der Waals surface area (Å²) in [6, 6.07) is 0. The van der Waals surface area contributed by atoms with E-state index in [2.05, 4.69) is 20.2 Å². The van der Waals surface area contributed by atoms with Gasteiger partial charge in [0.25, 0.3) is 0 Å². The molecule has 2 saturated carbocycles. The number of aryl methyl sites for hydroxylation is 1. The number of imidazole rings is 1. The van der Waals surface area contributed by atoms with Crippen molar-refractivity contribution in [3.63, 3.8) is 0 Å². The van der Waals surface area contributed by atoms with E-state index in [4.69, 9.17) is 0 Å². The highest BCUT2D eigenvalue weighted by molar-refractivity contribution is 5.89. The molecule has 0 bridgehead atoms. The number of rotatable bonds is 3. The van der Waals surface area contributed by atoms with Gasteiger partial charge in [-0.25, -0.2) is 4.98 Å². The lowest BCUT2D eigenvalue weighted by Gasteiger charge is -2.23. The lowest BCUT2D eigenvalue weighted by molar-refractivity contribution is -0.133. The van der Waals surface area contributed by atoms with Gasteiger partial charge < -0.3 is 9.88 Å². The predicted molar refractivity (Wildman–Crippen MR) is 74.8 cm³/mol. The molecule has 1 aromatic heterocycles. The molecule has 3 fully saturated rings. The van der Waals surface area contributed by atoms with Crippen molar-refractivity contribution in [2.24, 2.45) is 5.92 Å². The molecule has 20 heavy (non-hydrogen) atoms. The van der Waals surface area contributed by atoms with Crippen LogP contribution in [0.5, 0.6) is 0 Å². The van der Waals surface area contributed by atoms with Crippen LogP contribution in [0.25, 0.3) is 0 Å². The molecule has 2 N–H and O–H groups in total. The molecule has 0 radical (unpaired) electrons. The zero-order valence-electron chi connectivity index (χ0n) is 12.0. The molecule has 4 rings (SSSR count). The van der Waals surface area contributed by atoms with Crippen molar-refractivity contribution in [3.8, 4) is 0 Å². The normalized spacial score (nSPS) is 28.8. The summed E-state index contributed by atoms with van der Waals surface area (Å²) in [6.07, 6.45) is 8.50. The van der Waals surface area contributed by atoms with Crippen molar-refractivity contribution in [3.05, 3.63) is 17.7 Å². The molecule has 3 aliphatic rings. The van der Waals surface area contributed by atoms with Crippen LogP contribution in [0.3, 0.4) is 0 Å². The molecule has 1 saturated heterocycles. The topological polar surface area (TPSA) is 61.0 Å². The maximum absolute atomic E-state index is 12.9. The summed E-state index contributed by atoms with van der Waals surface area (Å²) in [5, 5.41) is 3.64. The maximum Gasteiger partial charge on any atom is 0.244 e. The average molecular weight is 274 g/mol. The number of aromatic amines is 1. The fourth-order valence-corrected chi connectivity index (χ4v) is 3.76. The summed E-state index contributed by atoms with van der Waals surface area (Å²) in [4.78, 5) is 22.6. The largest absolute Gasteiger partial charge is 0.348 e. The SMILES string of the molecule is Cc1[nH]cnc1C1NC2(CCCC2)C(=O)N1CC1CC1. The Morgan fingerprint density at radius 2 is 2.15 bits per heavy atom. The van der Waals surface area contributed by atoms with Gasteiger partial charge in [0.2, 0.25) is 5.91 Å². The summed E-state index contributed by atoms with van der Waals surface area (Å²) in [6.45, 7) is 2.92. The number of nitrogens with zero attached hydrogens (tertiary/aromatic N) is 2. The van der Waals surface area contributed by atoms with Gasteiger partial charge in [0.15, 0.2) is 0 Å². The van der Waals surface area contributed by atoms with Crippen LogP contribution >= 0.6 is 0 Å². The van der Waals surface area contributed by atoms with Crippen LogP contribution in [-0.4, -0.2) is 32.9 Å². The van der Waals surface area contributed by atoms with Gasteiger partial charge in [-0.1, -0.05) is 12.8 Å². The van der Waals surface area contributed by atoms with E-state index in [1.54, 1.807) is 6.33 Å². The Labute approximate surface area is 119 Å². The highest BCUT2D eigenvalue weighted by atomic mass is 16.2. The first-order valence-corrected chi connectivity index (χ1v) is 7.78. The second-order valence-electron chi connectivity index (χ2n) is 6.65. The van der Waals surface area contributed by atoms with Gasteiger partial charge in [-0.05, 0) is 38.5 Å². The molecule has 108 valence electrons. The van der Waals surface area contributed by atoms with Gasteiger partial charge in [-0.2, -0.15) is 0 Å². The predicted octanol–water partition coefficient (Wildman–Crippen LogP) is 1.87. The van der Waals surface area contributed by atoms with E-state index in [0.29, 0.717) is 11.8 Å². The molecule has 2 aliphatic carbocycles.